The Morgan fingerprint density at radius 2 is 1.54 bits per heavy atom. The lowest BCUT2D eigenvalue weighted by atomic mass is 10.2. The topological polar surface area (TPSA) is 85.7 Å². The summed E-state index contributed by atoms with van der Waals surface area (Å²) in [6.07, 6.45) is 7.86. The van der Waals surface area contributed by atoms with Crippen LogP contribution < -0.4 is 0 Å². The minimum Gasteiger partial charge on any atom is -0.265 e. The van der Waals surface area contributed by atoms with E-state index in [9.17, 15) is 8.42 Å². The van der Waals surface area contributed by atoms with E-state index in [0.717, 1.165) is 11.1 Å². The van der Waals surface area contributed by atoms with Crippen molar-refractivity contribution in [1.82, 2.24) is 19.9 Å². The zero-order valence-corrected chi connectivity index (χ0v) is 15.8. The molecule has 0 unspecified atom stereocenters. The smallest absolute Gasteiger partial charge is 0.210 e. The summed E-state index contributed by atoms with van der Waals surface area (Å²) in [7, 11) is -3.80. The van der Waals surface area contributed by atoms with E-state index in [2.05, 4.69) is 19.9 Å². The van der Waals surface area contributed by atoms with Crippen molar-refractivity contribution in [2.24, 2.45) is 0 Å². The van der Waals surface area contributed by atoms with Gasteiger partial charge in [0.25, 0.3) is 0 Å². The predicted octanol–water partition coefficient (Wildman–Crippen LogP) is 3.74. The summed E-state index contributed by atoms with van der Waals surface area (Å²) in [6, 6.07) is 13.8. The first-order chi connectivity index (χ1) is 13.6. The van der Waals surface area contributed by atoms with Crippen molar-refractivity contribution in [2.45, 2.75) is 16.7 Å². The standard InChI is InChI=1S/C21H16N4O2S/c1-15-4-6-18(7-5-15)28(26,27)19-14-24-21(16-8-11-22-12-9-16)25-20(19)17-3-2-10-23-13-17/h2-14H,1H3. The van der Waals surface area contributed by atoms with Crippen LogP contribution in [0.25, 0.3) is 22.6 Å². The van der Waals surface area contributed by atoms with Crippen LogP contribution in [0, 0.1) is 6.92 Å². The Kier molecular flexibility index (Phi) is 4.67. The van der Waals surface area contributed by atoms with Crippen LogP contribution in [-0.2, 0) is 9.84 Å². The molecule has 28 heavy (non-hydrogen) atoms. The van der Waals surface area contributed by atoms with Crippen molar-refractivity contribution < 1.29 is 8.42 Å². The molecule has 0 aliphatic heterocycles. The summed E-state index contributed by atoms with van der Waals surface area (Å²) < 4.78 is 26.6. The summed E-state index contributed by atoms with van der Waals surface area (Å²) >= 11 is 0. The van der Waals surface area contributed by atoms with Crippen molar-refractivity contribution in [3.05, 3.63) is 85.1 Å². The minimum atomic E-state index is -3.80. The molecule has 0 aliphatic carbocycles. The molecule has 4 aromatic rings. The number of hydrogen-bond acceptors (Lipinski definition) is 6. The van der Waals surface area contributed by atoms with Crippen molar-refractivity contribution in [3.63, 3.8) is 0 Å². The monoisotopic (exact) mass is 388 g/mol. The number of aryl methyl sites for hydroxylation is 1. The normalized spacial score (nSPS) is 11.3. The molecule has 0 bridgehead atoms. The molecule has 0 fully saturated rings. The summed E-state index contributed by atoms with van der Waals surface area (Å²) in [5, 5.41) is 0. The quantitative estimate of drug-likeness (QED) is 0.529. The van der Waals surface area contributed by atoms with Gasteiger partial charge in [0.2, 0.25) is 9.84 Å². The number of aromatic nitrogens is 4. The van der Waals surface area contributed by atoms with Gasteiger partial charge in [0.15, 0.2) is 5.82 Å². The zero-order valence-electron chi connectivity index (χ0n) is 15.0. The second kappa shape index (κ2) is 7.28. The van der Waals surface area contributed by atoms with Gasteiger partial charge in [-0.3, -0.25) is 9.97 Å². The van der Waals surface area contributed by atoms with Crippen LogP contribution in [0.2, 0.25) is 0 Å². The molecule has 4 rings (SSSR count). The molecule has 1 aromatic carbocycles. The van der Waals surface area contributed by atoms with Gasteiger partial charge in [0.1, 0.15) is 4.90 Å². The molecule has 0 aliphatic rings. The first-order valence-corrected chi connectivity index (χ1v) is 10.0. The molecule has 6 nitrogen and oxygen atoms in total. The number of hydrogen-bond donors (Lipinski definition) is 0. The van der Waals surface area contributed by atoms with Gasteiger partial charge in [-0.2, -0.15) is 0 Å². The van der Waals surface area contributed by atoms with E-state index in [1.54, 1.807) is 73.3 Å². The molecule has 0 spiro atoms. The highest BCUT2D eigenvalue weighted by Gasteiger charge is 2.24. The van der Waals surface area contributed by atoms with E-state index in [0.29, 0.717) is 17.1 Å². The molecule has 0 atom stereocenters. The SMILES string of the molecule is Cc1ccc(S(=O)(=O)c2cnc(-c3ccncc3)nc2-c2cccnc2)cc1. The van der Waals surface area contributed by atoms with E-state index in [-0.39, 0.29) is 9.79 Å². The highest BCUT2D eigenvalue weighted by molar-refractivity contribution is 7.91. The lowest BCUT2D eigenvalue weighted by Crippen LogP contribution is -2.07. The third kappa shape index (κ3) is 3.39. The van der Waals surface area contributed by atoms with Crippen LogP contribution in [0.4, 0.5) is 0 Å². The second-order valence-corrected chi connectivity index (χ2v) is 8.12. The number of rotatable bonds is 4. The third-order valence-electron chi connectivity index (χ3n) is 4.25. The maximum Gasteiger partial charge on any atom is 0.210 e. The van der Waals surface area contributed by atoms with Gasteiger partial charge >= 0.3 is 0 Å². The lowest BCUT2D eigenvalue weighted by Gasteiger charge is -2.11. The fourth-order valence-corrected chi connectivity index (χ4v) is 4.12. The summed E-state index contributed by atoms with van der Waals surface area (Å²) in [6.45, 7) is 1.91. The van der Waals surface area contributed by atoms with E-state index < -0.39 is 9.84 Å². The number of benzene rings is 1. The molecule has 138 valence electrons. The Morgan fingerprint density at radius 1 is 0.786 bits per heavy atom. The van der Waals surface area contributed by atoms with Gasteiger partial charge in [0, 0.05) is 35.9 Å². The lowest BCUT2D eigenvalue weighted by molar-refractivity contribution is 0.595. The maximum atomic E-state index is 13.3. The average Bonchev–Trinajstić information content (AvgIpc) is 2.75. The third-order valence-corrected chi connectivity index (χ3v) is 6.02. The van der Waals surface area contributed by atoms with Crippen LogP contribution in [0.3, 0.4) is 0 Å². The first kappa shape index (κ1) is 17.9. The zero-order chi connectivity index (χ0) is 19.6. The minimum absolute atomic E-state index is 0.0437. The van der Waals surface area contributed by atoms with Gasteiger partial charge in [0.05, 0.1) is 16.8 Å². The molecule has 0 radical (unpaired) electrons. The highest BCUT2D eigenvalue weighted by atomic mass is 32.2. The van der Waals surface area contributed by atoms with Crippen LogP contribution in [0.15, 0.2) is 89.3 Å². The molecule has 0 saturated heterocycles. The molecule has 0 N–H and O–H groups in total. The van der Waals surface area contributed by atoms with E-state index in [4.69, 9.17) is 0 Å². The van der Waals surface area contributed by atoms with Gasteiger partial charge < -0.3 is 0 Å². The largest absolute Gasteiger partial charge is 0.265 e. The summed E-state index contributed by atoms with van der Waals surface area (Å²) in [4.78, 5) is 17.2. The molecule has 0 saturated carbocycles. The fourth-order valence-electron chi connectivity index (χ4n) is 2.76. The Morgan fingerprint density at radius 3 is 2.21 bits per heavy atom. The Balaban J connectivity index is 1.93. The van der Waals surface area contributed by atoms with Crippen LogP contribution in [0.1, 0.15) is 5.56 Å². The van der Waals surface area contributed by atoms with Gasteiger partial charge in [-0.15, -0.1) is 0 Å². The summed E-state index contributed by atoms with van der Waals surface area (Å²) in [5.41, 5.74) is 2.65. The van der Waals surface area contributed by atoms with Crippen LogP contribution in [-0.4, -0.2) is 28.4 Å². The van der Waals surface area contributed by atoms with E-state index >= 15 is 0 Å². The Bertz CT molecular complexity index is 1210. The van der Waals surface area contributed by atoms with E-state index in [1.807, 2.05) is 6.92 Å². The van der Waals surface area contributed by atoms with Gasteiger partial charge in [-0.05, 0) is 43.3 Å². The van der Waals surface area contributed by atoms with Crippen LogP contribution in [0.5, 0.6) is 0 Å². The number of nitrogens with zero attached hydrogens (tertiary/aromatic N) is 4. The van der Waals surface area contributed by atoms with Crippen molar-refractivity contribution >= 4 is 9.84 Å². The molecule has 3 aromatic heterocycles. The Labute approximate surface area is 162 Å². The van der Waals surface area contributed by atoms with Crippen molar-refractivity contribution in [2.75, 3.05) is 0 Å². The fraction of sp³-hybridized carbons (Fsp3) is 0.0476. The number of pyridine rings is 2. The molecule has 7 heteroatoms. The molecule has 0 amide bonds. The highest BCUT2D eigenvalue weighted by Crippen LogP contribution is 2.31. The second-order valence-electron chi connectivity index (χ2n) is 6.20. The van der Waals surface area contributed by atoms with Gasteiger partial charge in [-0.1, -0.05) is 17.7 Å². The predicted molar refractivity (Wildman–Crippen MR) is 105 cm³/mol. The maximum absolute atomic E-state index is 13.3. The molecular formula is C21H16N4O2S. The van der Waals surface area contributed by atoms with E-state index in [1.165, 1.54) is 6.20 Å². The van der Waals surface area contributed by atoms with Crippen molar-refractivity contribution in [3.8, 4) is 22.6 Å². The Hall–Kier alpha value is -3.45. The molecule has 3 heterocycles. The van der Waals surface area contributed by atoms with Crippen LogP contribution >= 0.6 is 0 Å². The average molecular weight is 388 g/mol. The van der Waals surface area contributed by atoms with Crippen molar-refractivity contribution in [1.29, 1.82) is 0 Å². The summed E-state index contributed by atoms with van der Waals surface area (Å²) in [5.74, 6) is 0.420. The number of sulfone groups is 1. The first-order valence-electron chi connectivity index (χ1n) is 8.55. The van der Waals surface area contributed by atoms with Gasteiger partial charge in [-0.25, -0.2) is 18.4 Å². The molecular weight excluding hydrogens is 372 g/mol.